The van der Waals surface area contributed by atoms with Gasteiger partial charge in [-0.05, 0) is 43.5 Å². The first-order valence-electron chi connectivity index (χ1n) is 11.0. The second kappa shape index (κ2) is 10.9. The minimum absolute atomic E-state index is 0.0195. The Hall–Kier alpha value is -2.78. The van der Waals surface area contributed by atoms with Crippen LogP contribution >= 0.6 is 0 Å². The zero-order valence-electron chi connectivity index (χ0n) is 19.6. The lowest BCUT2D eigenvalue weighted by atomic mass is 10.1. The van der Waals surface area contributed by atoms with Crippen molar-refractivity contribution in [3.63, 3.8) is 0 Å². The maximum absolute atomic E-state index is 13.3. The van der Waals surface area contributed by atoms with Gasteiger partial charge in [0.05, 0.1) is 32.6 Å². The molecule has 3 rings (SSSR count). The molecule has 0 spiro atoms. The Labute approximate surface area is 195 Å². The van der Waals surface area contributed by atoms with Crippen LogP contribution < -0.4 is 19.5 Å². The van der Waals surface area contributed by atoms with Crippen molar-refractivity contribution in [3.8, 4) is 17.2 Å². The van der Waals surface area contributed by atoms with Crippen LogP contribution in [0.4, 0.5) is 5.69 Å². The van der Waals surface area contributed by atoms with Gasteiger partial charge in [-0.3, -0.25) is 4.79 Å². The van der Waals surface area contributed by atoms with Crippen molar-refractivity contribution in [1.29, 1.82) is 0 Å². The number of benzene rings is 2. The number of methoxy groups -OCH3 is 3. The molecule has 0 unspecified atom stereocenters. The molecule has 1 heterocycles. The van der Waals surface area contributed by atoms with Crippen molar-refractivity contribution in [2.75, 3.05) is 39.7 Å². The van der Waals surface area contributed by atoms with Gasteiger partial charge in [-0.25, -0.2) is 8.42 Å². The minimum atomic E-state index is -3.63. The van der Waals surface area contributed by atoms with E-state index in [0.717, 1.165) is 25.7 Å². The van der Waals surface area contributed by atoms with Crippen LogP contribution in [0.1, 0.15) is 36.8 Å². The Balaban J connectivity index is 1.81. The van der Waals surface area contributed by atoms with E-state index in [-0.39, 0.29) is 17.2 Å². The molecule has 9 heteroatoms. The number of ether oxygens (including phenoxy) is 3. The third kappa shape index (κ3) is 5.59. The number of rotatable bonds is 8. The van der Waals surface area contributed by atoms with E-state index in [0.29, 0.717) is 47.2 Å². The third-order valence-electron chi connectivity index (χ3n) is 5.79. The van der Waals surface area contributed by atoms with Gasteiger partial charge in [0.2, 0.25) is 21.7 Å². The van der Waals surface area contributed by atoms with Gasteiger partial charge in [0.25, 0.3) is 0 Å². The van der Waals surface area contributed by atoms with E-state index in [1.54, 1.807) is 41.6 Å². The van der Waals surface area contributed by atoms with Gasteiger partial charge in [-0.15, -0.1) is 0 Å². The summed E-state index contributed by atoms with van der Waals surface area (Å²) in [5.41, 5.74) is 1.70. The zero-order chi connectivity index (χ0) is 24.0. The standard InChI is InChI=1S/C24H32N2O6S/c1-17-9-11-19(16-21(17)33(28,29)26-13-7-5-6-8-14-26)25-22(27)15-18-10-12-20(30-2)24(32-4)23(18)31-3/h9-12,16H,5-8,13-15H2,1-4H3,(H,25,27). The predicted molar refractivity (Wildman–Crippen MR) is 127 cm³/mol. The van der Waals surface area contributed by atoms with Crippen molar-refractivity contribution in [1.82, 2.24) is 4.31 Å². The summed E-state index contributed by atoms with van der Waals surface area (Å²) >= 11 is 0. The van der Waals surface area contributed by atoms with Gasteiger partial charge >= 0.3 is 0 Å². The molecule has 0 saturated carbocycles. The number of anilines is 1. The lowest BCUT2D eigenvalue weighted by molar-refractivity contribution is -0.115. The van der Waals surface area contributed by atoms with Crippen LogP contribution in [-0.2, 0) is 21.2 Å². The van der Waals surface area contributed by atoms with Crippen molar-refractivity contribution in [2.24, 2.45) is 0 Å². The largest absolute Gasteiger partial charge is 0.493 e. The van der Waals surface area contributed by atoms with E-state index in [1.165, 1.54) is 21.3 Å². The molecule has 8 nitrogen and oxygen atoms in total. The Bertz CT molecular complexity index is 1090. The summed E-state index contributed by atoms with van der Waals surface area (Å²) in [4.78, 5) is 13.0. The van der Waals surface area contributed by atoms with E-state index in [2.05, 4.69) is 5.32 Å². The van der Waals surface area contributed by atoms with Gasteiger partial charge in [-0.1, -0.05) is 25.0 Å². The second-order valence-corrected chi connectivity index (χ2v) is 9.92. The first-order valence-corrected chi connectivity index (χ1v) is 12.4. The normalized spacial score (nSPS) is 14.9. The van der Waals surface area contributed by atoms with Gasteiger partial charge in [0, 0.05) is 24.3 Å². The van der Waals surface area contributed by atoms with Crippen LogP contribution in [-0.4, -0.2) is 53.0 Å². The van der Waals surface area contributed by atoms with E-state index in [9.17, 15) is 13.2 Å². The number of amides is 1. The zero-order valence-corrected chi connectivity index (χ0v) is 20.5. The van der Waals surface area contributed by atoms with Crippen molar-refractivity contribution in [3.05, 3.63) is 41.5 Å². The molecule has 0 bridgehead atoms. The SMILES string of the molecule is COc1ccc(CC(=O)Nc2ccc(C)c(S(=O)(=O)N3CCCCCC3)c2)c(OC)c1OC. The maximum atomic E-state index is 13.3. The van der Waals surface area contributed by atoms with Crippen LogP contribution in [0.25, 0.3) is 0 Å². The number of sulfonamides is 1. The quantitative estimate of drug-likeness (QED) is 0.623. The van der Waals surface area contributed by atoms with Gasteiger partial charge in [0.15, 0.2) is 11.5 Å². The summed E-state index contributed by atoms with van der Waals surface area (Å²) < 4.78 is 44.2. The molecule has 2 aromatic carbocycles. The molecule has 0 aromatic heterocycles. The van der Waals surface area contributed by atoms with Crippen molar-refractivity contribution < 1.29 is 27.4 Å². The molecule has 1 saturated heterocycles. The summed E-state index contributed by atoms with van der Waals surface area (Å²) in [6.07, 6.45) is 3.83. The highest BCUT2D eigenvalue weighted by Crippen LogP contribution is 2.40. The molecule has 33 heavy (non-hydrogen) atoms. The van der Waals surface area contributed by atoms with E-state index in [1.807, 2.05) is 0 Å². The van der Waals surface area contributed by atoms with Gasteiger partial charge < -0.3 is 19.5 Å². The number of carbonyl (C=O) groups excluding carboxylic acids is 1. The van der Waals surface area contributed by atoms with Gasteiger partial charge in [0.1, 0.15) is 0 Å². The molecule has 0 aliphatic carbocycles. The summed E-state index contributed by atoms with van der Waals surface area (Å²) in [5.74, 6) is 1.02. The van der Waals surface area contributed by atoms with Crippen LogP contribution in [0.2, 0.25) is 0 Å². The summed E-state index contributed by atoms with van der Waals surface area (Å²) in [7, 11) is 0.899. The van der Waals surface area contributed by atoms with Crippen molar-refractivity contribution >= 4 is 21.6 Å². The smallest absolute Gasteiger partial charge is 0.243 e. The molecule has 1 fully saturated rings. The number of aryl methyl sites for hydroxylation is 1. The molecule has 1 aliphatic rings. The molecule has 180 valence electrons. The Morgan fingerprint density at radius 2 is 1.61 bits per heavy atom. The molecule has 0 atom stereocenters. The summed E-state index contributed by atoms with van der Waals surface area (Å²) in [6.45, 7) is 2.82. The maximum Gasteiger partial charge on any atom is 0.243 e. The number of nitrogens with one attached hydrogen (secondary N) is 1. The molecule has 2 aromatic rings. The predicted octanol–water partition coefficient (Wildman–Crippen LogP) is 3.77. The van der Waals surface area contributed by atoms with Gasteiger partial charge in [-0.2, -0.15) is 4.31 Å². The highest BCUT2D eigenvalue weighted by molar-refractivity contribution is 7.89. The average Bonchev–Trinajstić information content (AvgIpc) is 3.10. The Morgan fingerprint density at radius 3 is 2.21 bits per heavy atom. The molecular formula is C24H32N2O6S. The number of hydrogen-bond acceptors (Lipinski definition) is 6. The summed E-state index contributed by atoms with van der Waals surface area (Å²) in [5, 5.41) is 2.81. The Morgan fingerprint density at radius 1 is 0.939 bits per heavy atom. The molecule has 1 N–H and O–H groups in total. The minimum Gasteiger partial charge on any atom is -0.493 e. The lowest BCUT2D eigenvalue weighted by Gasteiger charge is -2.21. The van der Waals surface area contributed by atoms with Crippen LogP contribution in [0.15, 0.2) is 35.2 Å². The highest BCUT2D eigenvalue weighted by atomic mass is 32.2. The topological polar surface area (TPSA) is 94.2 Å². The van der Waals surface area contributed by atoms with E-state index < -0.39 is 10.0 Å². The number of hydrogen-bond donors (Lipinski definition) is 1. The summed E-state index contributed by atoms with van der Waals surface area (Å²) in [6, 6.07) is 8.42. The fourth-order valence-corrected chi connectivity index (χ4v) is 5.83. The van der Waals surface area contributed by atoms with Crippen LogP contribution in [0, 0.1) is 6.92 Å². The molecule has 0 radical (unpaired) electrons. The first-order chi connectivity index (χ1) is 15.8. The fraction of sp³-hybridized carbons (Fsp3) is 0.458. The van der Waals surface area contributed by atoms with E-state index >= 15 is 0 Å². The lowest BCUT2D eigenvalue weighted by Crippen LogP contribution is -2.32. The van der Waals surface area contributed by atoms with E-state index in [4.69, 9.17) is 14.2 Å². The Kier molecular flexibility index (Phi) is 8.20. The highest BCUT2D eigenvalue weighted by Gasteiger charge is 2.27. The van der Waals surface area contributed by atoms with Crippen LogP contribution in [0.5, 0.6) is 17.2 Å². The molecule has 1 aliphatic heterocycles. The molecule has 1 amide bonds. The first kappa shape index (κ1) is 24.9. The average molecular weight is 477 g/mol. The second-order valence-electron chi connectivity index (χ2n) is 8.02. The number of carbonyl (C=O) groups is 1. The van der Waals surface area contributed by atoms with Crippen molar-refractivity contribution in [2.45, 2.75) is 43.9 Å². The number of nitrogens with zero attached hydrogens (tertiary/aromatic N) is 1. The monoisotopic (exact) mass is 476 g/mol. The third-order valence-corrected chi connectivity index (χ3v) is 7.83. The van der Waals surface area contributed by atoms with Crippen LogP contribution in [0.3, 0.4) is 0 Å². The fourth-order valence-electron chi connectivity index (χ4n) is 4.06. The molecular weight excluding hydrogens is 444 g/mol.